The van der Waals surface area contributed by atoms with Crippen molar-refractivity contribution >= 4 is 47.4 Å². The molecule has 42 heavy (non-hydrogen) atoms. The fourth-order valence-electron chi connectivity index (χ4n) is 4.75. The number of anilines is 4. The van der Waals surface area contributed by atoms with E-state index in [1.54, 1.807) is 31.3 Å². The lowest BCUT2D eigenvalue weighted by Gasteiger charge is -2.37. The van der Waals surface area contributed by atoms with Crippen LogP contribution in [0, 0.1) is 0 Å². The number of nitrogens with zero attached hydrogens (tertiary/aromatic N) is 4. The summed E-state index contributed by atoms with van der Waals surface area (Å²) in [4.78, 5) is 76.9. The largest absolute Gasteiger partial charge is 0.481 e. The second-order valence-electron chi connectivity index (χ2n) is 10.6. The van der Waals surface area contributed by atoms with Gasteiger partial charge >= 0.3 is 11.9 Å². The number of aliphatic carboxylic acids is 1. The number of nitrogens with one attached hydrogen (secondary N) is 4. The first-order chi connectivity index (χ1) is 20.0. The summed E-state index contributed by atoms with van der Waals surface area (Å²) in [5.41, 5.74) is 6.02. The van der Waals surface area contributed by atoms with E-state index in [0.717, 1.165) is 13.1 Å². The van der Waals surface area contributed by atoms with Crippen LogP contribution in [0.2, 0.25) is 0 Å². The molecular weight excluding hydrogens is 550 g/mol. The summed E-state index contributed by atoms with van der Waals surface area (Å²) in [5.74, 6) is -2.17. The van der Waals surface area contributed by atoms with E-state index < -0.39 is 35.5 Å². The molecule has 0 bridgehead atoms. The van der Waals surface area contributed by atoms with Crippen LogP contribution in [-0.4, -0.2) is 114 Å². The Kier molecular flexibility index (Phi) is 9.27. The molecule has 0 spiro atoms. The van der Waals surface area contributed by atoms with Crippen molar-refractivity contribution in [3.63, 3.8) is 0 Å². The van der Waals surface area contributed by atoms with Gasteiger partial charge in [0.15, 0.2) is 11.5 Å². The lowest BCUT2D eigenvalue weighted by Crippen LogP contribution is -2.58. The van der Waals surface area contributed by atoms with E-state index in [4.69, 9.17) is 15.7 Å². The number of piperazine rings is 1. The number of carbonyl (C=O) groups is 4. The number of carboxylic acids is 1. The van der Waals surface area contributed by atoms with Crippen molar-refractivity contribution in [2.75, 3.05) is 74.6 Å². The minimum atomic E-state index is -1.13. The predicted octanol–water partition coefficient (Wildman–Crippen LogP) is -0.965. The molecule has 3 heterocycles. The Balaban J connectivity index is 1.37. The maximum Gasteiger partial charge on any atom is 0.388 e. The van der Waals surface area contributed by atoms with Gasteiger partial charge in [0.25, 0.3) is 11.5 Å². The second kappa shape index (κ2) is 12.9. The third-order valence-corrected chi connectivity index (χ3v) is 7.33. The maximum atomic E-state index is 13.0. The molecule has 16 heteroatoms. The van der Waals surface area contributed by atoms with Crippen LogP contribution in [0.1, 0.15) is 23.2 Å². The van der Waals surface area contributed by atoms with E-state index in [-0.39, 0.29) is 47.0 Å². The third kappa shape index (κ3) is 7.32. The van der Waals surface area contributed by atoms with Crippen LogP contribution in [0.25, 0.3) is 0 Å². The summed E-state index contributed by atoms with van der Waals surface area (Å²) in [5, 5.41) is 18.0. The Morgan fingerprint density at radius 2 is 1.95 bits per heavy atom. The number of amides is 2. The van der Waals surface area contributed by atoms with Gasteiger partial charge in [-0.3, -0.25) is 33.9 Å². The van der Waals surface area contributed by atoms with E-state index in [0.29, 0.717) is 31.7 Å². The van der Waals surface area contributed by atoms with Crippen molar-refractivity contribution in [2.24, 2.45) is 0 Å². The van der Waals surface area contributed by atoms with Gasteiger partial charge in [-0.1, -0.05) is 0 Å². The van der Waals surface area contributed by atoms with Crippen LogP contribution in [0.4, 0.5) is 23.1 Å². The fraction of sp³-hybridized carbons (Fsp3) is 0.462. The summed E-state index contributed by atoms with van der Waals surface area (Å²) in [6.45, 7) is 3.21. The zero-order valence-corrected chi connectivity index (χ0v) is 23.5. The minimum Gasteiger partial charge on any atom is -0.481 e. The van der Waals surface area contributed by atoms with Crippen LogP contribution in [0.15, 0.2) is 29.1 Å². The number of carbonyl (C=O) groups excluding carboxylic acids is 3. The van der Waals surface area contributed by atoms with Gasteiger partial charge in [-0.25, -0.2) is 4.79 Å². The highest BCUT2D eigenvalue weighted by Gasteiger charge is 2.36. The minimum absolute atomic E-state index is 0.0472. The number of rotatable bonds is 11. The standard InChI is InChI=1S/C26H35N9O7/c1-33-9-11-35(2,12-10-33)42-25(41)19(7-8-20(37)38)30-23(39)16-3-5-17(6-4-16)28-13-18-14-29-22-21(34(18)15-36)24(40)32-26(27)31-22/h3-6,15,18-19H,7-14H2,1-2H3,(H6-,27,28,29,30,31,32,37,38,39,40)/p+1. The topological polar surface area (TPSA) is 212 Å². The van der Waals surface area contributed by atoms with Crippen LogP contribution >= 0.6 is 0 Å². The number of carboxylic acid groups (broad SMARTS) is 1. The lowest BCUT2D eigenvalue weighted by atomic mass is 10.1. The van der Waals surface area contributed by atoms with Gasteiger partial charge < -0.3 is 31.7 Å². The normalized spacial score (nSPS) is 18.6. The molecule has 0 saturated carbocycles. The summed E-state index contributed by atoms with van der Waals surface area (Å²) < 4.78 is 0.0472. The number of hydroxylamine groups is 3. The number of aromatic nitrogens is 2. The first-order valence-corrected chi connectivity index (χ1v) is 13.5. The molecule has 2 aliphatic heterocycles. The number of nitrogen functional groups attached to an aromatic ring is 1. The molecule has 2 unspecified atom stereocenters. The van der Waals surface area contributed by atoms with Crippen LogP contribution in [-0.2, 0) is 19.2 Å². The Bertz CT molecular complexity index is 1370. The number of hydrogen-bond donors (Lipinski definition) is 6. The first kappa shape index (κ1) is 30.3. The summed E-state index contributed by atoms with van der Waals surface area (Å²) >= 11 is 0. The molecule has 226 valence electrons. The molecule has 2 aromatic rings. The van der Waals surface area contributed by atoms with Gasteiger partial charge in [0.2, 0.25) is 12.4 Å². The number of likely N-dealkylation sites (N-methyl/N-ethyl adjacent to an activating group) is 2. The smallest absolute Gasteiger partial charge is 0.388 e. The molecule has 1 saturated heterocycles. The second-order valence-corrected chi connectivity index (χ2v) is 10.6. The number of nitrogens with two attached hydrogens (primary N) is 1. The molecule has 0 aliphatic carbocycles. The van der Waals surface area contributed by atoms with E-state index >= 15 is 0 Å². The zero-order valence-electron chi connectivity index (χ0n) is 23.5. The van der Waals surface area contributed by atoms with Gasteiger partial charge in [0.05, 0.1) is 19.1 Å². The van der Waals surface area contributed by atoms with E-state index in [2.05, 4.69) is 30.8 Å². The number of quaternary nitrogens is 1. The first-order valence-electron chi connectivity index (χ1n) is 13.5. The lowest BCUT2D eigenvalue weighted by molar-refractivity contribution is -1.08. The maximum absolute atomic E-state index is 13.0. The molecule has 1 fully saturated rings. The van der Waals surface area contributed by atoms with E-state index in [9.17, 15) is 24.0 Å². The van der Waals surface area contributed by atoms with Crippen molar-refractivity contribution in [1.29, 1.82) is 0 Å². The van der Waals surface area contributed by atoms with Gasteiger partial charge in [-0.05, 0) is 37.7 Å². The third-order valence-electron chi connectivity index (χ3n) is 7.33. The van der Waals surface area contributed by atoms with Crippen molar-refractivity contribution in [1.82, 2.24) is 20.2 Å². The summed E-state index contributed by atoms with van der Waals surface area (Å²) in [7, 11) is 3.76. The molecule has 1 aromatic carbocycles. The number of H-pyrrole nitrogens is 1. The number of hydrogen-bond acceptors (Lipinski definition) is 11. The Labute approximate surface area is 241 Å². The van der Waals surface area contributed by atoms with E-state index in [1.165, 1.54) is 4.90 Å². The predicted molar refractivity (Wildman–Crippen MR) is 153 cm³/mol. The van der Waals surface area contributed by atoms with E-state index in [1.807, 2.05) is 7.05 Å². The molecule has 2 atom stereocenters. The monoisotopic (exact) mass is 586 g/mol. The number of fused-ring (bicyclic) bond motifs is 1. The molecular formula is C26H36N9O7+. The molecule has 0 radical (unpaired) electrons. The average Bonchev–Trinajstić information content (AvgIpc) is 2.95. The molecule has 16 nitrogen and oxygen atoms in total. The highest BCUT2D eigenvalue weighted by atomic mass is 16.7. The fourth-order valence-corrected chi connectivity index (χ4v) is 4.75. The van der Waals surface area contributed by atoms with Gasteiger partial charge in [-0.2, -0.15) is 4.98 Å². The van der Waals surface area contributed by atoms with Crippen molar-refractivity contribution in [2.45, 2.75) is 24.9 Å². The molecule has 1 aromatic heterocycles. The van der Waals surface area contributed by atoms with Crippen molar-refractivity contribution in [3.05, 3.63) is 40.2 Å². The van der Waals surface area contributed by atoms with Crippen molar-refractivity contribution < 1.29 is 33.8 Å². The Morgan fingerprint density at radius 1 is 1.26 bits per heavy atom. The quantitative estimate of drug-likeness (QED) is 0.139. The van der Waals surface area contributed by atoms with Crippen LogP contribution in [0.5, 0.6) is 0 Å². The molecule has 4 rings (SSSR count). The number of aromatic amines is 1. The van der Waals surface area contributed by atoms with Crippen LogP contribution < -0.4 is 32.1 Å². The Morgan fingerprint density at radius 3 is 2.60 bits per heavy atom. The molecule has 2 aliphatic rings. The molecule has 2 amide bonds. The summed E-state index contributed by atoms with van der Waals surface area (Å²) in [6, 6.07) is 4.85. The van der Waals surface area contributed by atoms with Gasteiger partial charge in [0, 0.05) is 30.8 Å². The Hall–Kier alpha value is -4.70. The highest BCUT2D eigenvalue weighted by molar-refractivity contribution is 5.97. The zero-order chi connectivity index (χ0) is 30.4. The SMILES string of the molecule is CN1CC[N+](C)(OC(=O)C(CCC(=O)O)NC(=O)c2ccc(NCC3CNc4nc(N)[nH]c(=O)c4N3C=O)cc2)CC1. The average molecular weight is 587 g/mol. The van der Waals surface area contributed by atoms with Gasteiger partial charge in [0.1, 0.15) is 26.2 Å². The van der Waals surface area contributed by atoms with Crippen LogP contribution in [0.3, 0.4) is 0 Å². The van der Waals surface area contributed by atoms with Gasteiger partial charge in [-0.15, -0.1) is 4.65 Å². The van der Waals surface area contributed by atoms with Crippen molar-refractivity contribution in [3.8, 4) is 0 Å². The summed E-state index contributed by atoms with van der Waals surface area (Å²) in [6.07, 6.45) is 0.128. The highest BCUT2D eigenvalue weighted by Crippen LogP contribution is 2.25. The molecule has 7 N–H and O–H groups in total. The number of benzene rings is 1.